The number of rotatable bonds is 5. The smallest absolute Gasteiger partial charge is 0.265 e. The van der Waals surface area contributed by atoms with Crippen molar-refractivity contribution in [2.75, 3.05) is 14.2 Å². The number of fused-ring (bicyclic) bond motifs is 4. The lowest BCUT2D eigenvalue weighted by Crippen LogP contribution is -2.20. The second-order valence-electron chi connectivity index (χ2n) is 7.20. The van der Waals surface area contributed by atoms with Crippen molar-refractivity contribution in [1.29, 1.82) is 0 Å². The Bertz CT molecular complexity index is 1500. The van der Waals surface area contributed by atoms with E-state index in [0.717, 1.165) is 23.1 Å². The van der Waals surface area contributed by atoms with Crippen molar-refractivity contribution in [3.05, 3.63) is 59.1 Å². The number of hydrogen-bond acceptors (Lipinski definition) is 6. The van der Waals surface area contributed by atoms with Gasteiger partial charge in [-0.15, -0.1) is 0 Å². The molecule has 3 heterocycles. The molecule has 5 aromatic rings. The van der Waals surface area contributed by atoms with Gasteiger partial charge < -0.3 is 9.47 Å². The van der Waals surface area contributed by atoms with E-state index in [2.05, 4.69) is 4.98 Å². The molecule has 0 bridgehead atoms. The van der Waals surface area contributed by atoms with Crippen molar-refractivity contribution in [3.63, 3.8) is 0 Å². The Hall–Kier alpha value is -3.94. The van der Waals surface area contributed by atoms with Crippen LogP contribution < -0.4 is 15.0 Å². The largest absolute Gasteiger partial charge is 0.493 e. The van der Waals surface area contributed by atoms with E-state index >= 15 is 0 Å². The second-order valence-corrected chi connectivity index (χ2v) is 7.20. The fourth-order valence-corrected chi connectivity index (χ4v) is 3.88. The normalized spacial score (nSPS) is 11.5. The van der Waals surface area contributed by atoms with Gasteiger partial charge in [0.15, 0.2) is 22.8 Å². The standard InChI is InChI=1S/C23H21N5O3/c1-4-11-27-13-24-21-19(23(27)29)20-22(26-16-8-6-5-7-15(16)25-20)28(21)14-9-10-17(30-2)18(12-14)31-3/h5-10,12-13H,4,11H2,1-3H3. The molecule has 3 aromatic heterocycles. The van der Waals surface area contributed by atoms with Crippen molar-refractivity contribution in [2.45, 2.75) is 19.9 Å². The molecule has 0 unspecified atom stereocenters. The van der Waals surface area contributed by atoms with Gasteiger partial charge in [-0.05, 0) is 30.7 Å². The maximum atomic E-state index is 13.3. The predicted octanol–water partition coefficient (Wildman–Crippen LogP) is 3.71. The average molecular weight is 415 g/mol. The maximum absolute atomic E-state index is 13.3. The number of ether oxygens (including phenoxy) is 2. The summed E-state index contributed by atoms with van der Waals surface area (Å²) >= 11 is 0. The minimum Gasteiger partial charge on any atom is -0.493 e. The van der Waals surface area contributed by atoms with E-state index in [1.807, 2.05) is 54.0 Å². The predicted molar refractivity (Wildman–Crippen MR) is 119 cm³/mol. The first-order chi connectivity index (χ1) is 15.2. The molecule has 0 saturated heterocycles. The highest BCUT2D eigenvalue weighted by Gasteiger charge is 2.21. The van der Waals surface area contributed by atoms with Crippen molar-refractivity contribution >= 4 is 33.2 Å². The molecule has 0 atom stereocenters. The molecule has 156 valence electrons. The fraction of sp³-hybridized carbons (Fsp3) is 0.217. The molecule has 5 rings (SSSR count). The van der Waals surface area contributed by atoms with Gasteiger partial charge in [0, 0.05) is 12.6 Å². The minimum atomic E-state index is -0.124. The topological polar surface area (TPSA) is 84.1 Å². The third-order valence-electron chi connectivity index (χ3n) is 5.32. The van der Waals surface area contributed by atoms with Crippen LogP contribution in [-0.2, 0) is 6.54 Å². The van der Waals surface area contributed by atoms with Crippen LogP contribution in [0, 0.1) is 0 Å². The van der Waals surface area contributed by atoms with Crippen molar-refractivity contribution in [1.82, 2.24) is 24.1 Å². The number of hydrogen-bond donors (Lipinski definition) is 0. The molecule has 0 radical (unpaired) electrons. The zero-order chi connectivity index (χ0) is 21.5. The van der Waals surface area contributed by atoms with Gasteiger partial charge in [0.2, 0.25) is 0 Å². The number of nitrogens with zero attached hydrogens (tertiary/aromatic N) is 5. The summed E-state index contributed by atoms with van der Waals surface area (Å²) in [6.45, 7) is 2.61. The molecule has 2 aromatic carbocycles. The number of methoxy groups -OCH3 is 2. The Balaban J connectivity index is 1.94. The van der Waals surface area contributed by atoms with Gasteiger partial charge in [-0.3, -0.25) is 13.9 Å². The maximum Gasteiger partial charge on any atom is 0.265 e. The first kappa shape index (κ1) is 19.0. The molecular formula is C23H21N5O3. The summed E-state index contributed by atoms with van der Waals surface area (Å²) in [6, 6.07) is 13.2. The molecule has 0 N–H and O–H groups in total. The van der Waals surface area contributed by atoms with E-state index in [1.165, 1.54) is 0 Å². The molecule has 0 fully saturated rings. The Morgan fingerprint density at radius 2 is 1.68 bits per heavy atom. The first-order valence-corrected chi connectivity index (χ1v) is 10.0. The van der Waals surface area contributed by atoms with Gasteiger partial charge in [-0.1, -0.05) is 19.1 Å². The molecule has 8 heteroatoms. The fourth-order valence-electron chi connectivity index (χ4n) is 3.88. The number of aryl methyl sites for hydroxylation is 1. The minimum absolute atomic E-state index is 0.124. The quantitative estimate of drug-likeness (QED) is 0.435. The van der Waals surface area contributed by atoms with E-state index in [0.29, 0.717) is 40.2 Å². The van der Waals surface area contributed by atoms with Gasteiger partial charge in [-0.25, -0.2) is 15.0 Å². The van der Waals surface area contributed by atoms with Gasteiger partial charge >= 0.3 is 0 Å². The lowest BCUT2D eigenvalue weighted by molar-refractivity contribution is 0.355. The van der Waals surface area contributed by atoms with Crippen LogP contribution in [0.15, 0.2) is 53.6 Å². The van der Waals surface area contributed by atoms with Crippen LogP contribution in [0.4, 0.5) is 0 Å². The summed E-state index contributed by atoms with van der Waals surface area (Å²) < 4.78 is 14.3. The van der Waals surface area contributed by atoms with Gasteiger partial charge in [0.1, 0.15) is 10.9 Å². The summed E-state index contributed by atoms with van der Waals surface area (Å²) in [4.78, 5) is 27.6. The van der Waals surface area contributed by atoms with Crippen molar-refractivity contribution in [3.8, 4) is 17.2 Å². The van der Waals surface area contributed by atoms with Crippen LogP contribution in [0.2, 0.25) is 0 Å². The van der Waals surface area contributed by atoms with Crippen molar-refractivity contribution in [2.24, 2.45) is 0 Å². The van der Waals surface area contributed by atoms with Crippen LogP contribution >= 0.6 is 0 Å². The molecule has 0 saturated carbocycles. The Kier molecular flexibility index (Phi) is 4.54. The summed E-state index contributed by atoms with van der Waals surface area (Å²) in [7, 11) is 3.18. The van der Waals surface area contributed by atoms with Crippen LogP contribution in [0.1, 0.15) is 13.3 Å². The van der Waals surface area contributed by atoms with Crippen LogP contribution in [0.25, 0.3) is 38.9 Å². The zero-order valence-corrected chi connectivity index (χ0v) is 17.5. The SMILES string of the molecule is CCCn1cnc2c(c1=O)c1nc3ccccc3nc1n2-c1ccc(OC)c(OC)c1. The molecular weight excluding hydrogens is 394 g/mol. The zero-order valence-electron chi connectivity index (χ0n) is 17.5. The number of benzene rings is 2. The highest BCUT2D eigenvalue weighted by atomic mass is 16.5. The van der Waals surface area contributed by atoms with Gasteiger partial charge in [0.05, 0.1) is 37.3 Å². The molecule has 0 aliphatic rings. The van der Waals surface area contributed by atoms with E-state index < -0.39 is 0 Å². The van der Waals surface area contributed by atoms with Crippen LogP contribution in [0.3, 0.4) is 0 Å². The lowest BCUT2D eigenvalue weighted by atomic mass is 10.2. The third-order valence-corrected chi connectivity index (χ3v) is 5.32. The Morgan fingerprint density at radius 3 is 2.39 bits per heavy atom. The highest BCUT2D eigenvalue weighted by molar-refractivity contribution is 6.05. The van der Waals surface area contributed by atoms with E-state index in [-0.39, 0.29) is 5.56 Å². The summed E-state index contributed by atoms with van der Waals surface area (Å²) in [5, 5.41) is 0.457. The van der Waals surface area contributed by atoms with E-state index in [9.17, 15) is 4.79 Å². The summed E-state index contributed by atoms with van der Waals surface area (Å²) in [6.07, 6.45) is 2.42. The molecule has 0 aliphatic carbocycles. The summed E-state index contributed by atoms with van der Waals surface area (Å²) in [5.41, 5.74) is 3.71. The highest BCUT2D eigenvalue weighted by Crippen LogP contribution is 2.33. The lowest BCUT2D eigenvalue weighted by Gasteiger charge is -2.11. The van der Waals surface area contributed by atoms with Gasteiger partial charge in [-0.2, -0.15) is 0 Å². The monoisotopic (exact) mass is 415 g/mol. The molecule has 0 aliphatic heterocycles. The number of aromatic nitrogens is 5. The summed E-state index contributed by atoms with van der Waals surface area (Å²) in [5.74, 6) is 1.19. The Labute approximate surface area is 177 Å². The second kappa shape index (κ2) is 7.39. The molecule has 0 amide bonds. The average Bonchev–Trinajstić information content (AvgIpc) is 3.12. The van der Waals surface area contributed by atoms with Crippen LogP contribution in [-0.4, -0.2) is 38.3 Å². The first-order valence-electron chi connectivity index (χ1n) is 10.0. The van der Waals surface area contributed by atoms with E-state index in [1.54, 1.807) is 25.1 Å². The Morgan fingerprint density at radius 1 is 0.935 bits per heavy atom. The van der Waals surface area contributed by atoms with Crippen molar-refractivity contribution < 1.29 is 9.47 Å². The molecule has 31 heavy (non-hydrogen) atoms. The molecule has 8 nitrogen and oxygen atoms in total. The third kappa shape index (κ3) is 2.91. The van der Waals surface area contributed by atoms with Gasteiger partial charge in [0.25, 0.3) is 5.56 Å². The van der Waals surface area contributed by atoms with Crippen LogP contribution in [0.5, 0.6) is 11.5 Å². The number of para-hydroxylation sites is 2. The van der Waals surface area contributed by atoms with E-state index in [4.69, 9.17) is 19.4 Å². The molecule has 0 spiro atoms.